The lowest BCUT2D eigenvalue weighted by molar-refractivity contribution is -0.125. The zero-order chi connectivity index (χ0) is 24.8. The highest BCUT2D eigenvalue weighted by Crippen LogP contribution is 2.33. The molecule has 2 aromatic rings. The maximum atomic E-state index is 13.3. The van der Waals surface area contributed by atoms with E-state index in [4.69, 9.17) is 9.47 Å². The Hall–Kier alpha value is -3.53. The second kappa shape index (κ2) is 11.3. The zero-order valence-electron chi connectivity index (χ0n) is 19.2. The molecule has 0 aliphatic carbocycles. The fourth-order valence-corrected chi connectivity index (χ4v) is 4.08. The fraction of sp³-hybridized carbons (Fsp3) is 0.400. The van der Waals surface area contributed by atoms with E-state index < -0.39 is 29.9 Å². The number of piperidine rings is 1. The molecule has 0 bridgehead atoms. The normalized spacial score (nSPS) is 15.8. The molecule has 2 heterocycles. The van der Waals surface area contributed by atoms with Crippen LogP contribution < -0.4 is 19.7 Å². The van der Waals surface area contributed by atoms with E-state index in [1.165, 1.54) is 42.4 Å². The highest BCUT2D eigenvalue weighted by molar-refractivity contribution is 6.04. The number of nitrogens with zero attached hydrogens (tertiary/aromatic N) is 2. The first kappa shape index (κ1) is 24.6. The summed E-state index contributed by atoms with van der Waals surface area (Å²) in [5, 5.41) is 2.85. The molecule has 0 atom stereocenters. The lowest BCUT2D eigenvalue weighted by Crippen LogP contribution is -2.46. The van der Waals surface area contributed by atoms with Gasteiger partial charge in [-0.15, -0.1) is 0 Å². The molecule has 0 unspecified atom stereocenters. The first-order valence-electron chi connectivity index (χ1n) is 11.6. The largest absolute Gasteiger partial charge is 0.485 e. The number of amides is 2. The van der Waals surface area contributed by atoms with Gasteiger partial charge in [0.15, 0.2) is 30.6 Å². The number of likely N-dealkylation sites (tertiary alicyclic amines) is 1. The Morgan fingerprint density at radius 1 is 1.03 bits per heavy atom. The van der Waals surface area contributed by atoms with Crippen LogP contribution >= 0.6 is 0 Å². The molecular formula is C25H27F2N3O5. The average molecular weight is 488 g/mol. The first-order valence-corrected chi connectivity index (χ1v) is 11.6. The third kappa shape index (κ3) is 6.33. The van der Waals surface area contributed by atoms with Crippen molar-refractivity contribution in [2.45, 2.75) is 19.3 Å². The standard InChI is InChI=1S/C25H27F2N3O5/c26-19-6-5-18(13-20(19)27)34-15-22(31)17-4-7-23-21(12-17)30(25(33)16-35-23)14-24(32)28-8-11-29-9-2-1-3-10-29/h4-7,12-13H,1-3,8-11,14-16H2,(H,28,32). The smallest absolute Gasteiger partial charge is 0.265 e. The molecule has 2 amide bonds. The number of benzene rings is 2. The van der Waals surface area contributed by atoms with Crippen LogP contribution in [0, 0.1) is 11.6 Å². The number of anilines is 1. The van der Waals surface area contributed by atoms with Gasteiger partial charge < -0.3 is 19.7 Å². The second-order valence-corrected chi connectivity index (χ2v) is 8.49. The second-order valence-electron chi connectivity index (χ2n) is 8.49. The Bertz CT molecular complexity index is 1100. The SMILES string of the molecule is O=C(CN1C(=O)COc2ccc(C(=O)COc3ccc(F)c(F)c3)cc21)NCCN1CCCCC1. The molecular weight excluding hydrogens is 460 g/mol. The number of ketones is 1. The molecule has 0 aromatic heterocycles. The van der Waals surface area contributed by atoms with Gasteiger partial charge in [0, 0.05) is 24.7 Å². The Morgan fingerprint density at radius 3 is 2.60 bits per heavy atom. The summed E-state index contributed by atoms with van der Waals surface area (Å²) in [6, 6.07) is 7.51. The number of hydrogen-bond acceptors (Lipinski definition) is 6. The summed E-state index contributed by atoms with van der Waals surface area (Å²) in [5.74, 6) is -2.85. The van der Waals surface area contributed by atoms with E-state index in [-0.39, 0.29) is 30.4 Å². The van der Waals surface area contributed by atoms with Crippen molar-refractivity contribution in [1.29, 1.82) is 0 Å². The van der Waals surface area contributed by atoms with Crippen molar-refractivity contribution in [1.82, 2.24) is 10.2 Å². The Morgan fingerprint density at radius 2 is 1.83 bits per heavy atom. The van der Waals surface area contributed by atoms with Gasteiger partial charge in [-0.25, -0.2) is 8.78 Å². The van der Waals surface area contributed by atoms with Gasteiger partial charge in [-0.2, -0.15) is 0 Å². The van der Waals surface area contributed by atoms with Crippen LogP contribution in [-0.4, -0.2) is 68.4 Å². The predicted molar refractivity (Wildman–Crippen MR) is 124 cm³/mol. The van der Waals surface area contributed by atoms with E-state index in [1.807, 2.05) is 0 Å². The Kier molecular flexibility index (Phi) is 7.91. The van der Waals surface area contributed by atoms with Crippen molar-refractivity contribution in [3.05, 3.63) is 53.6 Å². The van der Waals surface area contributed by atoms with Gasteiger partial charge in [-0.05, 0) is 56.3 Å². The van der Waals surface area contributed by atoms with Crippen molar-refractivity contribution < 1.29 is 32.6 Å². The summed E-state index contributed by atoms with van der Waals surface area (Å²) in [7, 11) is 0. The van der Waals surface area contributed by atoms with Gasteiger partial charge in [0.05, 0.1) is 5.69 Å². The first-order chi connectivity index (χ1) is 16.9. The molecule has 4 rings (SSSR count). The third-order valence-electron chi connectivity index (χ3n) is 5.99. The summed E-state index contributed by atoms with van der Waals surface area (Å²) in [6.07, 6.45) is 3.57. The molecule has 1 fully saturated rings. The molecule has 2 aliphatic heterocycles. The number of nitrogens with one attached hydrogen (secondary N) is 1. The van der Waals surface area contributed by atoms with Crippen LogP contribution in [0.1, 0.15) is 29.6 Å². The maximum Gasteiger partial charge on any atom is 0.265 e. The van der Waals surface area contributed by atoms with Gasteiger partial charge in [-0.1, -0.05) is 6.42 Å². The van der Waals surface area contributed by atoms with E-state index in [2.05, 4.69) is 10.2 Å². The van der Waals surface area contributed by atoms with Crippen molar-refractivity contribution in [2.75, 3.05) is 50.8 Å². The maximum absolute atomic E-state index is 13.3. The number of halogens is 2. The summed E-state index contributed by atoms with van der Waals surface area (Å²) in [4.78, 5) is 41.3. The molecule has 1 N–H and O–H groups in total. The minimum atomic E-state index is -1.08. The van der Waals surface area contributed by atoms with E-state index in [1.54, 1.807) is 6.07 Å². The van der Waals surface area contributed by atoms with Crippen LogP contribution in [-0.2, 0) is 9.59 Å². The number of ether oxygens (including phenoxy) is 2. The van der Waals surface area contributed by atoms with Crippen LogP contribution in [0.25, 0.3) is 0 Å². The molecule has 2 aromatic carbocycles. The van der Waals surface area contributed by atoms with Gasteiger partial charge >= 0.3 is 0 Å². The minimum absolute atomic E-state index is 0.0107. The topological polar surface area (TPSA) is 88.2 Å². The summed E-state index contributed by atoms with van der Waals surface area (Å²) < 4.78 is 37.1. The van der Waals surface area contributed by atoms with E-state index >= 15 is 0 Å². The van der Waals surface area contributed by atoms with Gasteiger partial charge in [-0.3, -0.25) is 19.3 Å². The quantitative estimate of drug-likeness (QED) is 0.547. The highest BCUT2D eigenvalue weighted by atomic mass is 19.2. The number of rotatable bonds is 9. The van der Waals surface area contributed by atoms with Crippen molar-refractivity contribution in [3.8, 4) is 11.5 Å². The van der Waals surface area contributed by atoms with E-state index in [0.717, 1.165) is 31.8 Å². The minimum Gasteiger partial charge on any atom is -0.485 e. The van der Waals surface area contributed by atoms with Gasteiger partial charge in [0.1, 0.15) is 18.0 Å². The third-order valence-corrected chi connectivity index (χ3v) is 5.99. The molecule has 10 heteroatoms. The lowest BCUT2D eigenvalue weighted by atomic mass is 10.1. The molecule has 0 radical (unpaired) electrons. The van der Waals surface area contributed by atoms with Crippen LogP contribution in [0.2, 0.25) is 0 Å². The average Bonchev–Trinajstić information content (AvgIpc) is 2.86. The number of carbonyl (C=O) groups is 3. The predicted octanol–water partition coefficient (Wildman–Crippen LogP) is 2.55. The summed E-state index contributed by atoms with van der Waals surface area (Å²) >= 11 is 0. The Balaban J connectivity index is 1.37. The number of Topliss-reactive ketones (excluding diaryl/α,β-unsaturated/α-hetero) is 1. The molecule has 0 spiro atoms. The summed E-state index contributed by atoms with van der Waals surface area (Å²) in [5.41, 5.74) is 0.534. The molecule has 35 heavy (non-hydrogen) atoms. The fourth-order valence-electron chi connectivity index (χ4n) is 4.08. The van der Waals surface area contributed by atoms with Crippen LogP contribution in [0.15, 0.2) is 36.4 Å². The zero-order valence-corrected chi connectivity index (χ0v) is 19.2. The molecule has 2 aliphatic rings. The molecule has 1 saturated heterocycles. The van der Waals surface area contributed by atoms with E-state index in [9.17, 15) is 23.2 Å². The van der Waals surface area contributed by atoms with Crippen LogP contribution in [0.3, 0.4) is 0 Å². The highest BCUT2D eigenvalue weighted by Gasteiger charge is 2.28. The molecule has 0 saturated carbocycles. The van der Waals surface area contributed by atoms with Crippen molar-refractivity contribution in [3.63, 3.8) is 0 Å². The molecule has 8 nitrogen and oxygen atoms in total. The molecule has 186 valence electrons. The summed E-state index contributed by atoms with van der Waals surface area (Å²) in [6.45, 7) is 2.48. The number of fused-ring (bicyclic) bond motifs is 1. The Labute approximate surface area is 201 Å². The van der Waals surface area contributed by atoms with Gasteiger partial charge in [0.2, 0.25) is 5.91 Å². The van der Waals surface area contributed by atoms with Crippen LogP contribution in [0.5, 0.6) is 11.5 Å². The van der Waals surface area contributed by atoms with Gasteiger partial charge in [0.25, 0.3) is 5.91 Å². The monoisotopic (exact) mass is 487 g/mol. The van der Waals surface area contributed by atoms with Crippen LogP contribution in [0.4, 0.5) is 14.5 Å². The number of carbonyl (C=O) groups excluding carboxylic acids is 3. The number of hydrogen-bond donors (Lipinski definition) is 1. The lowest BCUT2D eigenvalue weighted by Gasteiger charge is -2.29. The van der Waals surface area contributed by atoms with E-state index in [0.29, 0.717) is 18.0 Å². The van der Waals surface area contributed by atoms with Crippen molar-refractivity contribution >= 4 is 23.3 Å². The van der Waals surface area contributed by atoms with Crippen molar-refractivity contribution in [2.24, 2.45) is 0 Å².